The molecule has 2 aromatic rings. The molecule has 30 heavy (non-hydrogen) atoms. The fourth-order valence-electron chi connectivity index (χ4n) is 4.20. The minimum absolute atomic E-state index is 0.0488. The SMILES string of the molecule is CC1c2ccccc2S(=O)(=O)C(c2cc(F)ccc2OCCCCBr)(C(C)C)N1[O-]. The molecule has 0 amide bonds. The Bertz CT molecular complexity index is 1010. The number of unbranched alkanes of at least 4 members (excludes halogenated alkanes) is 1. The third kappa shape index (κ3) is 3.57. The maximum Gasteiger partial charge on any atom is 0.201 e. The molecule has 2 unspecified atom stereocenters. The first-order chi connectivity index (χ1) is 14.2. The van der Waals surface area contributed by atoms with Crippen molar-refractivity contribution in [3.05, 3.63) is 64.6 Å². The lowest BCUT2D eigenvalue weighted by molar-refractivity contribution is 0.115. The number of ether oxygens (including phenoxy) is 1. The van der Waals surface area contributed by atoms with E-state index in [-0.39, 0.29) is 16.2 Å². The summed E-state index contributed by atoms with van der Waals surface area (Å²) < 4.78 is 48.1. The number of hydroxylamine groups is 2. The van der Waals surface area contributed by atoms with Crippen LogP contribution in [0.3, 0.4) is 0 Å². The Morgan fingerprint density at radius 1 is 1.23 bits per heavy atom. The number of hydrogen-bond acceptors (Lipinski definition) is 5. The summed E-state index contributed by atoms with van der Waals surface area (Å²) in [6, 6.07) is 9.55. The van der Waals surface area contributed by atoms with Crippen LogP contribution in [0.4, 0.5) is 4.39 Å². The van der Waals surface area contributed by atoms with Gasteiger partial charge in [0.05, 0.1) is 11.5 Å². The first-order valence-electron chi connectivity index (χ1n) is 9.98. The number of benzene rings is 2. The Labute approximate surface area is 185 Å². The van der Waals surface area contributed by atoms with Gasteiger partial charge >= 0.3 is 0 Å². The van der Waals surface area contributed by atoms with Crippen molar-refractivity contribution in [2.24, 2.45) is 5.92 Å². The van der Waals surface area contributed by atoms with E-state index >= 15 is 0 Å². The molecule has 0 bridgehead atoms. The standard InChI is InChI=1S/C22H26BrFNO4S/c1-15(2)22(19-14-17(24)10-11-20(19)29-13-7-6-12-23)25(26)16(3)18-8-4-5-9-21(18)30(22,27)28/h4-5,8-11,14-16H,6-7,12-13H2,1-3H3/q-1. The zero-order valence-electron chi connectivity index (χ0n) is 17.3. The fourth-order valence-corrected chi connectivity index (χ4v) is 7.20. The number of sulfone groups is 1. The highest BCUT2D eigenvalue weighted by Gasteiger charge is 2.56. The van der Waals surface area contributed by atoms with E-state index in [1.165, 1.54) is 18.2 Å². The van der Waals surface area contributed by atoms with Crippen LogP contribution < -0.4 is 4.74 Å². The van der Waals surface area contributed by atoms with Gasteiger partial charge in [0.2, 0.25) is 9.84 Å². The first-order valence-corrected chi connectivity index (χ1v) is 12.6. The predicted octanol–water partition coefficient (Wildman–Crippen LogP) is 5.54. The van der Waals surface area contributed by atoms with Gasteiger partial charge in [-0.2, -0.15) is 0 Å². The molecular weight excluding hydrogens is 473 g/mol. The van der Waals surface area contributed by atoms with Crippen LogP contribution in [0.2, 0.25) is 0 Å². The Morgan fingerprint density at radius 2 is 1.93 bits per heavy atom. The van der Waals surface area contributed by atoms with Crippen molar-refractivity contribution in [3.8, 4) is 5.75 Å². The van der Waals surface area contributed by atoms with Gasteiger partial charge in [0.15, 0.2) is 0 Å². The molecular formula is C22H26BrFNO4S-. The molecule has 5 nitrogen and oxygen atoms in total. The monoisotopic (exact) mass is 498 g/mol. The summed E-state index contributed by atoms with van der Waals surface area (Å²) in [6.45, 7) is 5.35. The van der Waals surface area contributed by atoms with Gasteiger partial charge in [-0.3, -0.25) is 0 Å². The van der Waals surface area contributed by atoms with Crippen molar-refractivity contribution < 1.29 is 17.5 Å². The molecule has 2 atom stereocenters. The van der Waals surface area contributed by atoms with Gasteiger partial charge in [-0.15, -0.1) is 0 Å². The second-order valence-corrected chi connectivity index (χ2v) is 10.6. The topological polar surface area (TPSA) is 69.7 Å². The fraction of sp³-hybridized carbons (Fsp3) is 0.455. The molecule has 0 N–H and O–H groups in total. The summed E-state index contributed by atoms with van der Waals surface area (Å²) in [6.07, 6.45) is 1.62. The summed E-state index contributed by atoms with van der Waals surface area (Å²) in [5, 5.41) is 15.1. The Hall–Kier alpha value is -1.48. The lowest BCUT2D eigenvalue weighted by atomic mass is 9.91. The molecule has 0 fully saturated rings. The van der Waals surface area contributed by atoms with Crippen molar-refractivity contribution in [1.82, 2.24) is 5.06 Å². The summed E-state index contributed by atoms with van der Waals surface area (Å²) in [4.78, 5) is -1.90. The number of alkyl halides is 1. The number of halogens is 2. The highest BCUT2D eigenvalue weighted by atomic mass is 79.9. The van der Waals surface area contributed by atoms with Crippen LogP contribution >= 0.6 is 15.9 Å². The highest BCUT2D eigenvalue weighted by Crippen LogP contribution is 2.54. The van der Waals surface area contributed by atoms with Crippen LogP contribution in [0, 0.1) is 16.9 Å². The van der Waals surface area contributed by atoms with Crippen molar-refractivity contribution in [2.75, 3.05) is 11.9 Å². The maximum atomic E-state index is 14.4. The Morgan fingerprint density at radius 3 is 2.60 bits per heavy atom. The van der Waals surface area contributed by atoms with Crippen molar-refractivity contribution in [3.63, 3.8) is 0 Å². The molecule has 1 aliphatic heterocycles. The number of hydrogen-bond donors (Lipinski definition) is 0. The molecule has 2 aromatic carbocycles. The Balaban J connectivity index is 2.27. The third-order valence-electron chi connectivity index (χ3n) is 5.64. The third-order valence-corrected chi connectivity index (χ3v) is 8.85. The molecule has 0 saturated carbocycles. The van der Waals surface area contributed by atoms with E-state index in [2.05, 4.69) is 15.9 Å². The largest absolute Gasteiger partial charge is 0.783 e. The lowest BCUT2D eigenvalue weighted by Crippen LogP contribution is -2.56. The predicted molar refractivity (Wildman–Crippen MR) is 119 cm³/mol. The van der Waals surface area contributed by atoms with E-state index in [1.54, 1.807) is 39.0 Å². The average molecular weight is 499 g/mol. The van der Waals surface area contributed by atoms with Gasteiger partial charge in [-0.1, -0.05) is 48.0 Å². The second-order valence-electron chi connectivity index (χ2n) is 7.78. The molecule has 1 aliphatic rings. The van der Waals surface area contributed by atoms with E-state index in [0.717, 1.165) is 24.2 Å². The first kappa shape index (κ1) is 23.2. The summed E-state index contributed by atoms with van der Waals surface area (Å²) >= 11 is 3.36. The molecule has 3 rings (SSSR count). The van der Waals surface area contributed by atoms with Gasteiger partial charge in [0.1, 0.15) is 16.4 Å². The van der Waals surface area contributed by atoms with E-state index < -0.39 is 32.5 Å². The van der Waals surface area contributed by atoms with E-state index in [9.17, 15) is 18.0 Å². The highest BCUT2D eigenvalue weighted by molar-refractivity contribution is 9.09. The summed E-state index contributed by atoms with van der Waals surface area (Å²) in [7, 11) is -4.19. The molecule has 0 aliphatic carbocycles. The van der Waals surface area contributed by atoms with Gasteiger partial charge in [-0.05, 0) is 55.5 Å². The molecule has 8 heteroatoms. The molecule has 164 valence electrons. The van der Waals surface area contributed by atoms with E-state index in [4.69, 9.17) is 4.74 Å². The second kappa shape index (κ2) is 8.94. The maximum absolute atomic E-state index is 14.4. The van der Waals surface area contributed by atoms with Crippen LogP contribution in [-0.4, -0.2) is 25.4 Å². The Kier molecular flexibility index (Phi) is 6.91. The zero-order valence-corrected chi connectivity index (χ0v) is 19.7. The molecule has 0 saturated heterocycles. The zero-order chi connectivity index (χ0) is 22.1. The summed E-state index contributed by atoms with van der Waals surface area (Å²) in [5.74, 6) is -1.06. The quantitative estimate of drug-likeness (QED) is 0.370. The number of nitrogens with zero attached hydrogens (tertiary/aromatic N) is 1. The van der Waals surface area contributed by atoms with Gasteiger partial charge in [0.25, 0.3) is 0 Å². The van der Waals surface area contributed by atoms with Crippen LogP contribution in [0.15, 0.2) is 47.4 Å². The van der Waals surface area contributed by atoms with Crippen molar-refractivity contribution in [2.45, 2.75) is 49.4 Å². The van der Waals surface area contributed by atoms with Crippen LogP contribution in [0.25, 0.3) is 0 Å². The summed E-state index contributed by atoms with van der Waals surface area (Å²) in [5.41, 5.74) is 0.493. The smallest absolute Gasteiger partial charge is 0.201 e. The molecule has 0 spiro atoms. The molecule has 1 heterocycles. The minimum atomic E-state index is -4.19. The van der Waals surface area contributed by atoms with Crippen molar-refractivity contribution >= 4 is 25.8 Å². The lowest BCUT2D eigenvalue weighted by Gasteiger charge is -2.56. The van der Waals surface area contributed by atoms with Gasteiger partial charge in [0, 0.05) is 16.9 Å². The van der Waals surface area contributed by atoms with Crippen LogP contribution in [0.1, 0.15) is 50.8 Å². The molecule has 0 aromatic heterocycles. The van der Waals surface area contributed by atoms with Gasteiger partial charge < -0.3 is 15.0 Å². The van der Waals surface area contributed by atoms with Gasteiger partial charge in [-0.25, -0.2) is 12.8 Å². The number of fused-ring (bicyclic) bond motifs is 1. The minimum Gasteiger partial charge on any atom is -0.783 e. The average Bonchev–Trinajstić information content (AvgIpc) is 2.71. The van der Waals surface area contributed by atoms with Crippen LogP contribution in [-0.2, 0) is 14.7 Å². The van der Waals surface area contributed by atoms with E-state index in [1.807, 2.05) is 0 Å². The van der Waals surface area contributed by atoms with Crippen molar-refractivity contribution in [1.29, 1.82) is 0 Å². The van der Waals surface area contributed by atoms with Crippen LogP contribution in [0.5, 0.6) is 5.75 Å². The normalized spacial score (nSPS) is 23.4. The van der Waals surface area contributed by atoms with E-state index in [0.29, 0.717) is 17.2 Å². The molecule has 0 radical (unpaired) electrons. The number of rotatable bonds is 7.